The zero-order valence-corrected chi connectivity index (χ0v) is 9.86. The fraction of sp³-hybridized carbons (Fsp3) is 0.636. The Morgan fingerprint density at radius 2 is 2.31 bits per heavy atom. The van der Waals surface area contributed by atoms with Crippen molar-refractivity contribution in [2.45, 2.75) is 33.3 Å². The molecule has 0 radical (unpaired) electrons. The van der Waals surface area contributed by atoms with Crippen LogP contribution in [0.15, 0.2) is 10.8 Å². The van der Waals surface area contributed by atoms with Crippen LogP contribution < -0.4 is 5.32 Å². The van der Waals surface area contributed by atoms with Crippen molar-refractivity contribution in [1.29, 1.82) is 0 Å². The lowest BCUT2D eigenvalue weighted by Gasteiger charge is -2.13. The second-order valence-corrected chi connectivity index (χ2v) is 4.25. The van der Waals surface area contributed by atoms with E-state index in [0.717, 1.165) is 0 Å². The summed E-state index contributed by atoms with van der Waals surface area (Å²) in [5.74, 6) is 0.575. The van der Waals surface area contributed by atoms with Gasteiger partial charge in [0.05, 0.1) is 6.10 Å². The highest BCUT2D eigenvalue weighted by molar-refractivity contribution is 5.93. The quantitative estimate of drug-likeness (QED) is 0.789. The molecule has 1 rings (SSSR count). The lowest BCUT2D eigenvalue weighted by Crippen LogP contribution is -2.33. The highest BCUT2D eigenvalue weighted by Gasteiger charge is 2.14. The molecule has 0 bridgehead atoms. The topological polar surface area (TPSA) is 75.4 Å². The molecular formula is C11H18N2O3. The van der Waals surface area contributed by atoms with Crippen LogP contribution in [0.4, 0.5) is 0 Å². The highest BCUT2D eigenvalue weighted by Crippen LogP contribution is 2.05. The third kappa shape index (κ3) is 3.66. The number of amides is 1. The number of aliphatic hydroxyl groups is 1. The molecular weight excluding hydrogens is 208 g/mol. The first-order valence-electron chi connectivity index (χ1n) is 5.37. The SMILES string of the molecule is Cc1ocnc1C(=O)NCC(O)CC(C)C. The third-order valence-corrected chi connectivity index (χ3v) is 2.20. The molecule has 0 fully saturated rings. The predicted octanol–water partition coefficient (Wildman–Crippen LogP) is 1.12. The molecule has 1 aromatic heterocycles. The van der Waals surface area contributed by atoms with Crippen molar-refractivity contribution in [2.75, 3.05) is 6.54 Å². The van der Waals surface area contributed by atoms with E-state index in [0.29, 0.717) is 18.1 Å². The van der Waals surface area contributed by atoms with Crippen LogP contribution in [-0.4, -0.2) is 28.6 Å². The van der Waals surface area contributed by atoms with Gasteiger partial charge in [-0.05, 0) is 19.3 Å². The number of aliphatic hydroxyl groups excluding tert-OH is 1. The molecule has 2 N–H and O–H groups in total. The molecule has 5 heteroatoms. The van der Waals surface area contributed by atoms with Crippen molar-refractivity contribution >= 4 is 5.91 Å². The van der Waals surface area contributed by atoms with Gasteiger partial charge in [0.1, 0.15) is 5.76 Å². The van der Waals surface area contributed by atoms with Crippen LogP contribution in [0.2, 0.25) is 0 Å². The van der Waals surface area contributed by atoms with Crippen LogP contribution in [-0.2, 0) is 0 Å². The maximum Gasteiger partial charge on any atom is 0.273 e. The Labute approximate surface area is 94.9 Å². The summed E-state index contributed by atoms with van der Waals surface area (Å²) in [4.78, 5) is 15.4. The van der Waals surface area contributed by atoms with Gasteiger partial charge < -0.3 is 14.8 Å². The summed E-state index contributed by atoms with van der Waals surface area (Å²) in [6.45, 7) is 5.95. The summed E-state index contributed by atoms with van der Waals surface area (Å²) in [6, 6.07) is 0. The number of carbonyl (C=O) groups excluding carboxylic acids is 1. The number of aromatic nitrogens is 1. The Kier molecular flexibility index (Phi) is 4.49. The summed E-state index contributed by atoms with van der Waals surface area (Å²) < 4.78 is 4.92. The molecule has 1 heterocycles. The molecule has 0 aliphatic heterocycles. The van der Waals surface area contributed by atoms with Crippen LogP contribution in [0.25, 0.3) is 0 Å². The van der Waals surface area contributed by atoms with Gasteiger partial charge in [0, 0.05) is 6.54 Å². The molecule has 1 aromatic rings. The Bertz CT molecular complexity index is 347. The van der Waals surface area contributed by atoms with Crippen LogP contribution in [0.1, 0.15) is 36.5 Å². The minimum Gasteiger partial charge on any atom is -0.448 e. The van der Waals surface area contributed by atoms with Crippen LogP contribution in [0.5, 0.6) is 0 Å². The molecule has 0 aliphatic carbocycles. The number of oxazole rings is 1. The number of hydrogen-bond acceptors (Lipinski definition) is 4. The zero-order valence-electron chi connectivity index (χ0n) is 9.86. The van der Waals surface area contributed by atoms with Gasteiger partial charge in [-0.3, -0.25) is 4.79 Å². The molecule has 0 saturated heterocycles. The van der Waals surface area contributed by atoms with Crippen molar-refractivity contribution in [3.8, 4) is 0 Å². The lowest BCUT2D eigenvalue weighted by molar-refractivity contribution is 0.0894. The van der Waals surface area contributed by atoms with E-state index in [1.165, 1.54) is 6.39 Å². The average Bonchev–Trinajstić information content (AvgIpc) is 2.60. The highest BCUT2D eigenvalue weighted by atomic mass is 16.3. The third-order valence-electron chi connectivity index (χ3n) is 2.20. The molecule has 1 atom stereocenters. The molecule has 1 amide bonds. The van der Waals surface area contributed by atoms with Gasteiger partial charge in [-0.25, -0.2) is 4.98 Å². The number of rotatable bonds is 5. The second-order valence-electron chi connectivity index (χ2n) is 4.25. The van der Waals surface area contributed by atoms with Crippen molar-refractivity contribution in [3.63, 3.8) is 0 Å². The standard InChI is InChI=1S/C11H18N2O3/c1-7(2)4-9(14)5-12-11(15)10-8(3)16-6-13-10/h6-7,9,14H,4-5H2,1-3H3,(H,12,15). The zero-order chi connectivity index (χ0) is 12.1. The summed E-state index contributed by atoms with van der Waals surface area (Å²) >= 11 is 0. The normalized spacial score (nSPS) is 12.8. The van der Waals surface area contributed by atoms with E-state index in [1.807, 2.05) is 13.8 Å². The largest absolute Gasteiger partial charge is 0.448 e. The number of aryl methyl sites for hydroxylation is 1. The number of carbonyl (C=O) groups is 1. The van der Waals surface area contributed by atoms with Gasteiger partial charge in [0.2, 0.25) is 0 Å². The minimum atomic E-state index is -0.517. The summed E-state index contributed by atoms with van der Waals surface area (Å²) in [7, 11) is 0. The van der Waals surface area contributed by atoms with Gasteiger partial charge in [-0.2, -0.15) is 0 Å². The Morgan fingerprint density at radius 3 is 2.81 bits per heavy atom. The van der Waals surface area contributed by atoms with E-state index in [4.69, 9.17) is 4.42 Å². The first-order valence-corrected chi connectivity index (χ1v) is 5.37. The van der Waals surface area contributed by atoms with Crippen LogP contribution >= 0.6 is 0 Å². The van der Waals surface area contributed by atoms with E-state index in [-0.39, 0.29) is 18.1 Å². The fourth-order valence-corrected chi connectivity index (χ4v) is 1.45. The average molecular weight is 226 g/mol. The molecule has 16 heavy (non-hydrogen) atoms. The summed E-state index contributed by atoms with van der Waals surface area (Å²) in [5.41, 5.74) is 0.275. The molecule has 0 aromatic carbocycles. The van der Waals surface area contributed by atoms with E-state index < -0.39 is 6.10 Å². The van der Waals surface area contributed by atoms with Gasteiger partial charge in [0.25, 0.3) is 5.91 Å². The number of nitrogens with zero attached hydrogens (tertiary/aromatic N) is 1. The molecule has 90 valence electrons. The summed E-state index contributed by atoms with van der Waals surface area (Å²) in [5, 5.41) is 12.2. The molecule has 5 nitrogen and oxygen atoms in total. The van der Waals surface area contributed by atoms with Crippen molar-refractivity contribution < 1.29 is 14.3 Å². The maximum absolute atomic E-state index is 11.6. The van der Waals surface area contributed by atoms with E-state index >= 15 is 0 Å². The van der Waals surface area contributed by atoms with Crippen LogP contribution in [0, 0.1) is 12.8 Å². The summed E-state index contributed by atoms with van der Waals surface area (Å²) in [6.07, 6.45) is 1.38. The monoisotopic (exact) mass is 226 g/mol. The Balaban J connectivity index is 2.39. The van der Waals surface area contributed by atoms with Gasteiger partial charge in [-0.1, -0.05) is 13.8 Å². The minimum absolute atomic E-state index is 0.239. The smallest absolute Gasteiger partial charge is 0.273 e. The predicted molar refractivity (Wildman–Crippen MR) is 59.0 cm³/mol. The number of hydrogen-bond donors (Lipinski definition) is 2. The maximum atomic E-state index is 11.6. The lowest BCUT2D eigenvalue weighted by atomic mass is 10.1. The number of nitrogens with one attached hydrogen (secondary N) is 1. The Hall–Kier alpha value is -1.36. The van der Waals surface area contributed by atoms with Gasteiger partial charge in [-0.15, -0.1) is 0 Å². The van der Waals surface area contributed by atoms with Crippen LogP contribution in [0.3, 0.4) is 0 Å². The molecule has 0 saturated carbocycles. The van der Waals surface area contributed by atoms with E-state index in [1.54, 1.807) is 6.92 Å². The fourth-order valence-electron chi connectivity index (χ4n) is 1.45. The van der Waals surface area contributed by atoms with Gasteiger partial charge >= 0.3 is 0 Å². The Morgan fingerprint density at radius 1 is 1.62 bits per heavy atom. The van der Waals surface area contributed by atoms with Crippen molar-refractivity contribution in [3.05, 3.63) is 17.8 Å². The second kappa shape index (κ2) is 5.65. The first kappa shape index (κ1) is 12.7. The van der Waals surface area contributed by atoms with E-state index in [9.17, 15) is 9.90 Å². The molecule has 1 unspecified atom stereocenters. The van der Waals surface area contributed by atoms with Crippen molar-refractivity contribution in [1.82, 2.24) is 10.3 Å². The first-order chi connectivity index (χ1) is 7.50. The van der Waals surface area contributed by atoms with E-state index in [2.05, 4.69) is 10.3 Å². The molecule has 0 spiro atoms. The van der Waals surface area contributed by atoms with Gasteiger partial charge in [0.15, 0.2) is 12.1 Å². The van der Waals surface area contributed by atoms with Crippen molar-refractivity contribution in [2.24, 2.45) is 5.92 Å². The molecule has 0 aliphatic rings.